The summed E-state index contributed by atoms with van der Waals surface area (Å²) in [6.45, 7) is 5.55. The van der Waals surface area contributed by atoms with E-state index in [2.05, 4.69) is 36.9 Å². The number of thiazole rings is 1. The minimum absolute atomic E-state index is 0.00263. The SMILES string of the molecule is CC[C@@H]1NC(=O)[C@@H](NC(=O)[C@H](C)N)CNC(=O)[C@H](CS(=O)(=O)[O-])NC(=O)/C=C/c2csc(n2)[C@H](Cc2ccc(O)cc2)NC(=O)C(=O)[C@H]([C@@H](C)CC)NC1=O. The van der Waals surface area contributed by atoms with Crippen LogP contribution < -0.4 is 37.6 Å². The van der Waals surface area contributed by atoms with Crippen molar-refractivity contribution in [2.75, 3.05) is 12.3 Å². The fraction of sp³-hybridized carbons (Fsp3) is 0.471. The van der Waals surface area contributed by atoms with Crippen LogP contribution in [0.15, 0.2) is 35.7 Å². The van der Waals surface area contributed by atoms with Crippen molar-refractivity contribution in [2.24, 2.45) is 11.7 Å². The molecule has 0 radical (unpaired) electrons. The number of rotatable bonds is 9. The molecule has 2 bridgehead atoms. The molecule has 2 heterocycles. The largest absolute Gasteiger partial charge is 0.748 e. The second-order valence-electron chi connectivity index (χ2n) is 12.9. The average molecular weight is 806 g/mol. The number of hydrogen-bond donors (Lipinski definition) is 8. The normalized spacial score (nSPS) is 24.0. The van der Waals surface area contributed by atoms with Crippen LogP contribution >= 0.6 is 11.3 Å². The standard InChI is InChI=1S/C34H46N8O11S2/c1-5-17(3)27-28(45)33(50)40-23(13-19-7-10-21(43)11-8-19)34-37-20(15-54-34)9-12-26(44)38-25(16-55(51,52)53)30(47)36-14-24(41-29(46)18(4)35)32(49)39-22(6-2)31(48)42-27/h7-12,15,17-18,22-25,27,43H,5-6,13-14,16,35H2,1-4H3,(H,36,47)(H,38,44)(H,39,49)(H,40,50)(H,41,46)(H,42,48)(H,51,52,53)/p-1/b12-9+/t17-,18-,22-,23-,24-,25-,27-/m0/s1. The summed E-state index contributed by atoms with van der Waals surface area (Å²) in [5, 5.41) is 26.0. The summed E-state index contributed by atoms with van der Waals surface area (Å²) in [5.74, 6) is -8.83. The van der Waals surface area contributed by atoms with Crippen LogP contribution in [0.5, 0.6) is 5.75 Å². The number of carbonyl (C=O) groups is 7. The van der Waals surface area contributed by atoms with E-state index in [9.17, 15) is 51.6 Å². The van der Waals surface area contributed by atoms with Crippen LogP contribution in [0.2, 0.25) is 0 Å². The predicted molar refractivity (Wildman–Crippen MR) is 198 cm³/mol. The van der Waals surface area contributed by atoms with Gasteiger partial charge < -0.3 is 47.3 Å². The van der Waals surface area contributed by atoms with E-state index in [0.717, 1.165) is 17.4 Å². The lowest BCUT2D eigenvalue weighted by Gasteiger charge is -2.27. The number of aromatic nitrogens is 1. The summed E-state index contributed by atoms with van der Waals surface area (Å²) in [6, 6.07) is -2.18. The van der Waals surface area contributed by atoms with Gasteiger partial charge in [0.2, 0.25) is 35.3 Å². The highest BCUT2D eigenvalue weighted by molar-refractivity contribution is 7.85. The Morgan fingerprint density at radius 2 is 1.64 bits per heavy atom. The first kappa shape index (κ1) is 44.1. The Kier molecular flexibility index (Phi) is 16.0. The van der Waals surface area contributed by atoms with Crippen molar-refractivity contribution in [2.45, 2.75) is 83.2 Å². The molecule has 0 aliphatic carbocycles. The van der Waals surface area contributed by atoms with Crippen molar-refractivity contribution >= 4 is 68.8 Å². The maximum Gasteiger partial charge on any atom is 0.290 e. The van der Waals surface area contributed by atoms with Crippen molar-refractivity contribution in [1.82, 2.24) is 36.9 Å². The van der Waals surface area contributed by atoms with E-state index >= 15 is 0 Å². The average Bonchev–Trinajstić information content (AvgIpc) is 3.61. The van der Waals surface area contributed by atoms with Crippen molar-refractivity contribution in [1.29, 1.82) is 0 Å². The molecule has 0 saturated heterocycles. The van der Waals surface area contributed by atoms with Crippen LogP contribution in [0.25, 0.3) is 6.08 Å². The molecule has 1 aromatic heterocycles. The molecule has 2 aromatic rings. The fourth-order valence-electron chi connectivity index (χ4n) is 5.16. The molecule has 1 aliphatic heterocycles. The van der Waals surface area contributed by atoms with E-state index in [0.29, 0.717) is 17.0 Å². The third-order valence-corrected chi connectivity index (χ3v) is 10.2. The van der Waals surface area contributed by atoms with Crippen LogP contribution in [-0.4, -0.2) is 107 Å². The van der Waals surface area contributed by atoms with Gasteiger partial charge in [-0.05, 0) is 49.5 Å². The van der Waals surface area contributed by atoms with Crippen LogP contribution in [0.3, 0.4) is 0 Å². The number of nitrogens with two attached hydrogens (primary N) is 1. The van der Waals surface area contributed by atoms with Gasteiger partial charge in [0.15, 0.2) is 0 Å². The van der Waals surface area contributed by atoms with Crippen LogP contribution in [0, 0.1) is 5.92 Å². The van der Waals surface area contributed by atoms with E-state index in [1.165, 1.54) is 30.5 Å². The third kappa shape index (κ3) is 13.5. The number of aromatic hydroxyl groups is 1. The molecule has 0 spiro atoms. The van der Waals surface area contributed by atoms with E-state index in [1.807, 2.05) is 0 Å². The monoisotopic (exact) mass is 805 g/mol. The van der Waals surface area contributed by atoms with Gasteiger partial charge in [0.05, 0.1) is 39.7 Å². The van der Waals surface area contributed by atoms with Gasteiger partial charge in [0.25, 0.3) is 5.91 Å². The van der Waals surface area contributed by atoms with E-state index in [-0.39, 0.29) is 24.3 Å². The molecule has 9 N–H and O–H groups in total. The maximum atomic E-state index is 13.7. The molecular formula is C34H45N8O11S2-. The number of phenolic OH excluding ortho intramolecular Hbond substituents is 1. The molecule has 0 saturated carbocycles. The van der Waals surface area contributed by atoms with Gasteiger partial charge in [-0.1, -0.05) is 39.3 Å². The molecule has 3 rings (SSSR count). The van der Waals surface area contributed by atoms with Gasteiger partial charge >= 0.3 is 0 Å². The molecule has 55 heavy (non-hydrogen) atoms. The smallest absolute Gasteiger partial charge is 0.290 e. The lowest BCUT2D eigenvalue weighted by atomic mass is 9.94. The van der Waals surface area contributed by atoms with Crippen molar-refractivity contribution in [3.8, 4) is 5.75 Å². The molecule has 7 atom stereocenters. The molecule has 0 unspecified atom stereocenters. The summed E-state index contributed by atoms with van der Waals surface area (Å²) >= 11 is 1.07. The van der Waals surface area contributed by atoms with E-state index in [4.69, 9.17) is 5.73 Å². The van der Waals surface area contributed by atoms with Gasteiger partial charge in [-0.3, -0.25) is 33.6 Å². The highest BCUT2D eigenvalue weighted by Gasteiger charge is 2.35. The number of fused-ring (bicyclic) bond motifs is 2. The van der Waals surface area contributed by atoms with Crippen LogP contribution in [0.4, 0.5) is 0 Å². The fourth-order valence-corrected chi connectivity index (χ4v) is 6.64. The zero-order valence-electron chi connectivity index (χ0n) is 30.5. The quantitative estimate of drug-likeness (QED) is 0.103. The number of nitrogens with one attached hydrogen (secondary N) is 6. The molecular weight excluding hydrogens is 761 g/mol. The minimum atomic E-state index is -5.10. The highest BCUT2D eigenvalue weighted by Crippen LogP contribution is 2.24. The summed E-state index contributed by atoms with van der Waals surface area (Å²) in [6.07, 6.45) is 2.56. The molecule has 0 fully saturated rings. The number of Topliss-reactive ketones (excluding diaryl/α,β-unsaturated/α-hetero) is 1. The Labute approximate surface area is 321 Å². The summed E-state index contributed by atoms with van der Waals surface area (Å²) in [5.41, 5.74) is 6.48. The van der Waals surface area contributed by atoms with Crippen LogP contribution in [-0.2, 0) is 50.1 Å². The summed E-state index contributed by atoms with van der Waals surface area (Å²) in [7, 11) is -5.10. The predicted octanol–water partition coefficient (Wildman–Crippen LogP) is -1.75. The molecule has 1 aromatic carbocycles. The second kappa shape index (κ2) is 19.9. The molecule has 6 amide bonds. The first-order valence-electron chi connectivity index (χ1n) is 17.3. The third-order valence-electron chi connectivity index (χ3n) is 8.51. The Balaban J connectivity index is 2.09. The Morgan fingerprint density at radius 1 is 0.964 bits per heavy atom. The summed E-state index contributed by atoms with van der Waals surface area (Å²) < 4.78 is 35.0. The van der Waals surface area contributed by atoms with Crippen LogP contribution in [0.1, 0.15) is 62.8 Å². The van der Waals surface area contributed by atoms with Crippen molar-refractivity contribution in [3.05, 3.63) is 52.0 Å². The zero-order valence-corrected chi connectivity index (χ0v) is 32.1. The number of benzene rings is 1. The van der Waals surface area contributed by atoms with Gasteiger partial charge in [0.1, 0.15) is 28.9 Å². The molecule has 21 heteroatoms. The Morgan fingerprint density at radius 3 is 2.24 bits per heavy atom. The lowest BCUT2D eigenvalue weighted by molar-refractivity contribution is -0.141. The number of hydrogen-bond acceptors (Lipinski definition) is 14. The van der Waals surface area contributed by atoms with Crippen molar-refractivity contribution < 1.29 is 51.6 Å². The van der Waals surface area contributed by atoms with Gasteiger partial charge in [-0.2, -0.15) is 0 Å². The van der Waals surface area contributed by atoms with Gasteiger partial charge in [-0.25, -0.2) is 13.4 Å². The van der Waals surface area contributed by atoms with Gasteiger partial charge in [0, 0.05) is 18.0 Å². The van der Waals surface area contributed by atoms with Crippen molar-refractivity contribution in [3.63, 3.8) is 0 Å². The number of ketones is 1. The Hall–Kier alpha value is -5.25. The number of amides is 6. The zero-order chi connectivity index (χ0) is 41.0. The second-order valence-corrected chi connectivity index (χ2v) is 15.3. The maximum absolute atomic E-state index is 13.7. The number of nitrogens with zero attached hydrogens (tertiary/aromatic N) is 1. The first-order chi connectivity index (χ1) is 25.8. The topological polar surface area (TPSA) is 308 Å². The highest BCUT2D eigenvalue weighted by atomic mass is 32.2. The number of phenols is 1. The molecule has 300 valence electrons. The Bertz CT molecular complexity index is 1880. The van der Waals surface area contributed by atoms with E-state index in [1.54, 1.807) is 32.9 Å². The first-order valence-corrected chi connectivity index (χ1v) is 19.7. The van der Waals surface area contributed by atoms with E-state index < -0.39 is 106 Å². The molecule has 1 aliphatic rings. The number of carbonyl (C=O) groups excluding carboxylic acids is 7. The lowest BCUT2D eigenvalue weighted by Crippen LogP contribution is -2.61. The van der Waals surface area contributed by atoms with Gasteiger partial charge in [-0.15, -0.1) is 11.3 Å². The molecule has 19 nitrogen and oxygen atoms in total. The minimum Gasteiger partial charge on any atom is -0.748 e. The summed E-state index contributed by atoms with van der Waals surface area (Å²) in [4.78, 5) is 97.4.